The van der Waals surface area contributed by atoms with E-state index in [0.29, 0.717) is 0 Å². The topological polar surface area (TPSA) is 12.0 Å². The van der Waals surface area contributed by atoms with E-state index in [1.54, 1.807) is 0 Å². The minimum Gasteiger partial charge on any atom is -0.313 e. The first-order valence-electron chi connectivity index (χ1n) is 7.52. The smallest absolute Gasteiger partial charge is 0.0205 e. The van der Waals surface area contributed by atoms with Crippen LogP contribution in [0.15, 0.2) is 18.2 Å². The van der Waals surface area contributed by atoms with Gasteiger partial charge in [0.2, 0.25) is 0 Å². The van der Waals surface area contributed by atoms with Crippen LogP contribution in [0.3, 0.4) is 0 Å². The molecular weight excluding hydrogens is 218 g/mol. The molecule has 1 aliphatic carbocycles. The number of nitrogens with one attached hydrogen (secondary N) is 1. The van der Waals surface area contributed by atoms with Crippen molar-refractivity contribution < 1.29 is 0 Å². The van der Waals surface area contributed by atoms with Gasteiger partial charge in [0.1, 0.15) is 0 Å². The fourth-order valence-corrected chi connectivity index (χ4v) is 2.93. The van der Waals surface area contributed by atoms with Gasteiger partial charge in [-0.05, 0) is 49.4 Å². The zero-order valence-electron chi connectivity index (χ0n) is 12.0. The highest BCUT2D eigenvalue weighted by atomic mass is 14.8. The van der Waals surface area contributed by atoms with Crippen LogP contribution in [-0.2, 0) is 6.54 Å². The van der Waals surface area contributed by atoms with E-state index < -0.39 is 0 Å². The van der Waals surface area contributed by atoms with Crippen molar-refractivity contribution in [3.63, 3.8) is 0 Å². The quantitative estimate of drug-likeness (QED) is 0.760. The fraction of sp³-hybridized carbons (Fsp3) is 0.647. The van der Waals surface area contributed by atoms with Gasteiger partial charge in [-0.25, -0.2) is 0 Å². The highest BCUT2D eigenvalue weighted by molar-refractivity contribution is 5.29. The van der Waals surface area contributed by atoms with Gasteiger partial charge in [-0.2, -0.15) is 0 Å². The summed E-state index contributed by atoms with van der Waals surface area (Å²) in [6.45, 7) is 6.57. The Morgan fingerprint density at radius 1 is 1.06 bits per heavy atom. The summed E-state index contributed by atoms with van der Waals surface area (Å²) in [5.41, 5.74) is 4.21. The number of benzene rings is 1. The maximum Gasteiger partial charge on any atom is 0.0205 e. The Labute approximate surface area is 112 Å². The normalized spacial score (nSPS) is 17.0. The van der Waals surface area contributed by atoms with Gasteiger partial charge < -0.3 is 5.32 Å². The van der Waals surface area contributed by atoms with E-state index >= 15 is 0 Å². The maximum absolute atomic E-state index is 3.60. The second-order valence-electron chi connectivity index (χ2n) is 5.89. The molecule has 2 rings (SSSR count). The third-order valence-electron chi connectivity index (χ3n) is 4.35. The lowest BCUT2D eigenvalue weighted by Crippen LogP contribution is -2.19. The van der Waals surface area contributed by atoms with Crippen LogP contribution in [0, 0.1) is 19.8 Å². The van der Waals surface area contributed by atoms with E-state index in [4.69, 9.17) is 0 Å². The van der Waals surface area contributed by atoms with Gasteiger partial charge in [-0.3, -0.25) is 0 Å². The van der Waals surface area contributed by atoms with Gasteiger partial charge >= 0.3 is 0 Å². The molecule has 0 unspecified atom stereocenters. The molecular formula is C17H27N. The molecule has 1 fully saturated rings. The number of hydrogen-bond acceptors (Lipinski definition) is 1. The molecule has 1 saturated carbocycles. The molecule has 100 valence electrons. The van der Waals surface area contributed by atoms with Crippen LogP contribution >= 0.6 is 0 Å². The van der Waals surface area contributed by atoms with Crippen molar-refractivity contribution in [2.24, 2.45) is 5.92 Å². The Balaban J connectivity index is 1.66. The van der Waals surface area contributed by atoms with Gasteiger partial charge in [-0.1, -0.05) is 50.3 Å². The van der Waals surface area contributed by atoms with Crippen LogP contribution in [-0.4, -0.2) is 6.54 Å². The highest BCUT2D eigenvalue weighted by Gasteiger charge is 2.12. The molecule has 0 atom stereocenters. The van der Waals surface area contributed by atoms with E-state index in [1.165, 1.54) is 61.8 Å². The lowest BCUT2D eigenvalue weighted by molar-refractivity contribution is 0.334. The molecule has 0 amide bonds. The second kappa shape index (κ2) is 6.94. The molecule has 1 heteroatoms. The van der Waals surface area contributed by atoms with Gasteiger partial charge in [0, 0.05) is 6.54 Å². The SMILES string of the molecule is Cc1ccc(CNCCC2CCCCC2)cc1C. The maximum atomic E-state index is 3.60. The summed E-state index contributed by atoms with van der Waals surface area (Å²) < 4.78 is 0. The summed E-state index contributed by atoms with van der Waals surface area (Å²) in [6.07, 6.45) is 8.68. The Kier molecular flexibility index (Phi) is 5.25. The fourth-order valence-electron chi connectivity index (χ4n) is 2.93. The van der Waals surface area contributed by atoms with Crippen molar-refractivity contribution in [2.45, 2.75) is 58.9 Å². The molecule has 0 spiro atoms. The summed E-state index contributed by atoms with van der Waals surface area (Å²) in [5.74, 6) is 0.992. The molecule has 1 N–H and O–H groups in total. The molecule has 1 nitrogen and oxygen atoms in total. The molecule has 0 aromatic heterocycles. The molecule has 1 aromatic rings. The monoisotopic (exact) mass is 245 g/mol. The average molecular weight is 245 g/mol. The van der Waals surface area contributed by atoms with Gasteiger partial charge in [0.25, 0.3) is 0 Å². The minimum atomic E-state index is 0.992. The molecule has 0 heterocycles. The predicted molar refractivity (Wildman–Crippen MR) is 78.8 cm³/mol. The number of rotatable bonds is 5. The van der Waals surface area contributed by atoms with E-state index in [-0.39, 0.29) is 0 Å². The summed E-state index contributed by atoms with van der Waals surface area (Å²) in [4.78, 5) is 0. The molecule has 0 saturated heterocycles. The van der Waals surface area contributed by atoms with Crippen LogP contribution in [0.5, 0.6) is 0 Å². The average Bonchev–Trinajstić information content (AvgIpc) is 2.40. The van der Waals surface area contributed by atoms with Crippen LogP contribution in [0.25, 0.3) is 0 Å². The molecule has 1 aliphatic rings. The van der Waals surface area contributed by atoms with Gasteiger partial charge in [-0.15, -0.1) is 0 Å². The Morgan fingerprint density at radius 2 is 1.83 bits per heavy atom. The van der Waals surface area contributed by atoms with Gasteiger partial charge in [0.05, 0.1) is 0 Å². The first-order chi connectivity index (χ1) is 8.75. The van der Waals surface area contributed by atoms with Crippen LogP contribution < -0.4 is 5.32 Å². The third-order valence-corrected chi connectivity index (χ3v) is 4.35. The molecule has 0 aliphatic heterocycles. The van der Waals surface area contributed by atoms with Gasteiger partial charge in [0.15, 0.2) is 0 Å². The summed E-state index contributed by atoms with van der Waals surface area (Å²) >= 11 is 0. The van der Waals surface area contributed by atoms with Crippen molar-refractivity contribution in [3.8, 4) is 0 Å². The zero-order valence-corrected chi connectivity index (χ0v) is 12.0. The molecule has 18 heavy (non-hydrogen) atoms. The first kappa shape index (κ1) is 13.6. The van der Waals surface area contributed by atoms with Crippen molar-refractivity contribution >= 4 is 0 Å². The largest absolute Gasteiger partial charge is 0.313 e. The highest BCUT2D eigenvalue weighted by Crippen LogP contribution is 2.25. The summed E-state index contributed by atoms with van der Waals surface area (Å²) in [7, 11) is 0. The number of hydrogen-bond donors (Lipinski definition) is 1. The Hall–Kier alpha value is -0.820. The van der Waals surface area contributed by atoms with E-state index in [2.05, 4.69) is 37.4 Å². The van der Waals surface area contributed by atoms with Crippen LogP contribution in [0.1, 0.15) is 55.2 Å². The second-order valence-corrected chi connectivity index (χ2v) is 5.89. The lowest BCUT2D eigenvalue weighted by Gasteiger charge is -2.21. The zero-order chi connectivity index (χ0) is 12.8. The van der Waals surface area contributed by atoms with Crippen LogP contribution in [0.4, 0.5) is 0 Å². The predicted octanol–water partition coefficient (Wildman–Crippen LogP) is 4.36. The summed E-state index contributed by atoms with van der Waals surface area (Å²) in [5, 5.41) is 3.60. The summed E-state index contributed by atoms with van der Waals surface area (Å²) in [6, 6.07) is 6.78. The Bertz CT molecular complexity index is 364. The Morgan fingerprint density at radius 3 is 2.56 bits per heavy atom. The first-order valence-corrected chi connectivity index (χ1v) is 7.52. The van der Waals surface area contributed by atoms with Crippen molar-refractivity contribution in [1.82, 2.24) is 5.32 Å². The van der Waals surface area contributed by atoms with Crippen molar-refractivity contribution in [3.05, 3.63) is 34.9 Å². The molecule has 1 aromatic carbocycles. The lowest BCUT2D eigenvalue weighted by atomic mass is 9.87. The van der Waals surface area contributed by atoms with E-state index in [9.17, 15) is 0 Å². The van der Waals surface area contributed by atoms with Crippen LogP contribution in [0.2, 0.25) is 0 Å². The van der Waals surface area contributed by atoms with Crippen molar-refractivity contribution in [2.75, 3.05) is 6.54 Å². The standard InChI is InChI=1S/C17H27N/c1-14-8-9-17(12-15(14)2)13-18-11-10-16-6-4-3-5-7-16/h8-9,12,16,18H,3-7,10-11,13H2,1-2H3. The van der Waals surface area contributed by atoms with E-state index in [0.717, 1.165) is 12.5 Å². The number of aryl methyl sites for hydroxylation is 2. The van der Waals surface area contributed by atoms with Crippen molar-refractivity contribution in [1.29, 1.82) is 0 Å². The molecule has 0 radical (unpaired) electrons. The van der Waals surface area contributed by atoms with E-state index in [1.807, 2.05) is 0 Å². The third kappa shape index (κ3) is 4.13. The molecule has 0 bridgehead atoms. The minimum absolute atomic E-state index is 0.992.